The smallest absolute Gasteiger partial charge is 0.306 e. The largest absolute Gasteiger partial charge is 0.497 e. The monoisotopic (exact) mass is 789 g/mol. The Morgan fingerprint density at radius 3 is 2.29 bits per heavy atom. The van der Waals surface area contributed by atoms with Crippen LogP contribution in [-0.4, -0.2) is 94.2 Å². The van der Waals surface area contributed by atoms with E-state index in [0.29, 0.717) is 18.6 Å². The van der Waals surface area contributed by atoms with Crippen LogP contribution < -0.4 is 15.4 Å². The fourth-order valence-electron chi connectivity index (χ4n) is 7.17. The fourth-order valence-corrected chi connectivity index (χ4v) is 7.92. The van der Waals surface area contributed by atoms with Gasteiger partial charge in [-0.3, -0.25) is 28.9 Å². The highest BCUT2D eigenvalue weighted by Gasteiger charge is 2.38. The Hall–Kier alpha value is -4.62. The van der Waals surface area contributed by atoms with Crippen molar-refractivity contribution in [1.29, 1.82) is 0 Å². The van der Waals surface area contributed by atoms with E-state index in [9.17, 15) is 29.1 Å². The summed E-state index contributed by atoms with van der Waals surface area (Å²) in [5.74, 6) is -2.48. The number of likely N-dealkylation sites (tertiary alicyclic amines) is 1. The lowest BCUT2D eigenvalue weighted by molar-refractivity contribution is -0.142. The third kappa shape index (κ3) is 12.2. The van der Waals surface area contributed by atoms with Crippen molar-refractivity contribution >= 4 is 40.8 Å². The fraction of sp³-hybridized carbons (Fsp3) is 0.535. The van der Waals surface area contributed by atoms with Gasteiger partial charge in [-0.05, 0) is 74.4 Å². The molecule has 0 saturated carbocycles. The van der Waals surface area contributed by atoms with Gasteiger partial charge in [-0.2, -0.15) is 0 Å². The van der Waals surface area contributed by atoms with E-state index in [2.05, 4.69) is 20.5 Å². The zero-order chi connectivity index (χ0) is 40.9. The number of methoxy groups -OCH3 is 1. The molecule has 1 aromatic heterocycles. The molecule has 3 unspecified atom stereocenters. The highest BCUT2D eigenvalue weighted by atomic mass is 32.1. The molecule has 3 N–H and O–H groups in total. The van der Waals surface area contributed by atoms with Gasteiger partial charge >= 0.3 is 5.97 Å². The van der Waals surface area contributed by atoms with E-state index in [1.807, 2.05) is 89.3 Å². The summed E-state index contributed by atoms with van der Waals surface area (Å²) in [7, 11) is 3.52. The summed E-state index contributed by atoms with van der Waals surface area (Å²) in [6.07, 6.45) is 3.94. The van der Waals surface area contributed by atoms with Crippen molar-refractivity contribution < 1.29 is 33.8 Å². The van der Waals surface area contributed by atoms with Gasteiger partial charge in [0, 0.05) is 30.4 Å². The Morgan fingerprint density at radius 2 is 1.68 bits per heavy atom. The second kappa shape index (κ2) is 21.1. The van der Waals surface area contributed by atoms with E-state index in [1.165, 1.54) is 5.38 Å². The number of benzene rings is 2. The van der Waals surface area contributed by atoms with Crippen molar-refractivity contribution in [2.45, 2.75) is 110 Å². The standard InChI is InChI=1S/C43H59N5O7S/c1-8-28(4)38(46-40(51)35-16-12-13-21-47(35)6)42(52)48(25-31-14-10-9-11-15-31)36(27(2)3)24-37(49)41-45-34(26-56-41)39(50)44-32(22-29(5)43(53)54)23-30-17-19-33(55-7)20-18-30/h9-11,14-15,17-20,26-29,32,35-36,38H,8,12-13,16,21-25H2,1-7H3,(H,44,50)(H,46,51)(H,53,54)/t28?,29-,32+,35?,36+,38?/m0/s1. The molecule has 0 spiro atoms. The number of carboxylic acid groups (broad SMARTS) is 1. The Kier molecular flexibility index (Phi) is 16.6. The van der Waals surface area contributed by atoms with Crippen molar-refractivity contribution in [3.63, 3.8) is 0 Å². The second-order valence-corrected chi connectivity index (χ2v) is 16.3. The number of rotatable bonds is 20. The quantitative estimate of drug-likeness (QED) is 0.113. The normalized spacial score (nSPS) is 17.2. The minimum atomic E-state index is -0.963. The Labute approximate surface area is 335 Å². The van der Waals surface area contributed by atoms with Crippen molar-refractivity contribution in [3.05, 3.63) is 81.8 Å². The van der Waals surface area contributed by atoms with Crippen LogP contribution in [0.4, 0.5) is 0 Å². The first-order valence-electron chi connectivity index (χ1n) is 19.7. The minimum absolute atomic E-state index is 0.0342. The van der Waals surface area contributed by atoms with E-state index in [0.717, 1.165) is 48.3 Å². The molecule has 3 aromatic rings. The van der Waals surface area contributed by atoms with Crippen LogP contribution in [0.15, 0.2) is 60.0 Å². The number of hydrogen-bond acceptors (Lipinski definition) is 9. The first-order chi connectivity index (χ1) is 26.7. The average Bonchev–Trinajstić information content (AvgIpc) is 3.69. The lowest BCUT2D eigenvalue weighted by Crippen LogP contribution is -2.58. The van der Waals surface area contributed by atoms with Crippen LogP contribution in [0.1, 0.15) is 105 Å². The van der Waals surface area contributed by atoms with Gasteiger partial charge in [0.1, 0.15) is 17.5 Å². The Morgan fingerprint density at radius 1 is 0.982 bits per heavy atom. The number of aromatic nitrogens is 1. The van der Waals surface area contributed by atoms with Gasteiger partial charge in [0.25, 0.3) is 5.91 Å². The van der Waals surface area contributed by atoms with Gasteiger partial charge in [-0.1, -0.05) is 89.9 Å². The number of ether oxygens (including phenoxy) is 1. The predicted molar refractivity (Wildman–Crippen MR) is 218 cm³/mol. The van der Waals surface area contributed by atoms with Crippen molar-refractivity contribution in [1.82, 2.24) is 25.4 Å². The number of amides is 3. The molecule has 2 aromatic carbocycles. The molecule has 0 radical (unpaired) electrons. The molecule has 2 heterocycles. The molecule has 6 atom stereocenters. The van der Waals surface area contributed by atoms with Gasteiger partial charge < -0.3 is 25.4 Å². The Balaban J connectivity index is 1.56. The van der Waals surface area contributed by atoms with Gasteiger partial charge in [-0.25, -0.2) is 4.98 Å². The number of carbonyl (C=O) groups is 5. The predicted octanol–water partition coefficient (Wildman–Crippen LogP) is 6.25. The molecule has 1 saturated heterocycles. The van der Waals surface area contributed by atoms with Crippen LogP contribution in [-0.2, 0) is 27.3 Å². The Bertz CT molecular complexity index is 1770. The molecule has 12 nitrogen and oxygen atoms in total. The van der Waals surface area contributed by atoms with E-state index in [1.54, 1.807) is 18.9 Å². The molecule has 1 aliphatic heterocycles. The van der Waals surface area contributed by atoms with E-state index in [-0.39, 0.29) is 65.6 Å². The van der Waals surface area contributed by atoms with E-state index in [4.69, 9.17) is 4.74 Å². The number of piperidine rings is 1. The molecule has 3 amide bonds. The lowest BCUT2D eigenvalue weighted by Gasteiger charge is -2.39. The summed E-state index contributed by atoms with van der Waals surface area (Å²) < 4.78 is 5.25. The summed E-state index contributed by atoms with van der Waals surface area (Å²) in [5.41, 5.74) is 1.86. The zero-order valence-corrected chi connectivity index (χ0v) is 34.6. The first kappa shape index (κ1) is 44.1. The summed E-state index contributed by atoms with van der Waals surface area (Å²) in [4.78, 5) is 75.9. The third-order valence-corrected chi connectivity index (χ3v) is 11.8. The number of carboxylic acids is 1. The van der Waals surface area contributed by atoms with E-state index >= 15 is 0 Å². The highest BCUT2D eigenvalue weighted by molar-refractivity contribution is 7.12. The number of Topliss-reactive ketones (excluding diaryl/α,β-unsaturated/α-hetero) is 1. The number of ketones is 1. The van der Waals surface area contributed by atoms with E-state index < -0.39 is 35.9 Å². The average molecular weight is 790 g/mol. The van der Waals surface area contributed by atoms with Crippen LogP contribution in [0.3, 0.4) is 0 Å². The number of nitrogens with zero attached hydrogens (tertiary/aromatic N) is 3. The lowest BCUT2D eigenvalue weighted by atomic mass is 9.92. The first-order valence-corrected chi connectivity index (χ1v) is 20.6. The van der Waals surface area contributed by atoms with Crippen molar-refractivity contribution in [2.24, 2.45) is 17.8 Å². The molecular formula is C43H59N5O7S. The molecule has 13 heteroatoms. The number of hydrogen-bond donors (Lipinski definition) is 3. The summed E-state index contributed by atoms with van der Waals surface area (Å²) >= 11 is 1.06. The van der Waals surface area contributed by atoms with Gasteiger partial charge in [0.15, 0.2) is 10.8 Å². The highest BCUT2D eigenvalue weighted by Crippen LogP contribution is 2.26. The maximum Gasteiger partial charge on any atom is 0.306 e. The molecule has 304 valence electrons. The minimum Gasteiger partial charge on any atom is -0.497 e. The number of likely N-dealkylation sites (N-methyl/N-ethyl adjacent to an activating group) is 1. The van der Waals surface area contributed by atoms with Crippen LogP contribution in [0.5, 0.6) is 5.75 Å². The van der Waals surface area contributed by atoms with Crippen LogP contribution in [0.2, 0.25) is 0 Å². The summed E-state index contributed by atoms with van der Waals surface area (Å²) in [5, 5.41) is 17.4. The molecule has 1 aliphatic rings. The number of aliphatic carboxylic acids is 1. The molecular weight excluding hydrogens is 731 g/mol. The second-order valence-electron chi connectivity index (χ2n) is 15.5. The van der Waals surface area contributed by atoms with Crippen molar-refractivity contribution in [2.75, 3.05) is 20.7 Å². The summed E-state index contributed by atoms with van der Waals surface area (Å²) in [6, 6.07) is 14.8. The SMILES string of the molecule is CCC(C)C(NC(=O)C1CCCCN1C)C(=O)N(Cc1ccccc1)[C@H](CC(=O)c1nc(C(=O)N[C@@H](Cc2ccc(OC)cc2)C[C@H](C)C(=O)O)cs1)C(C)C. The maximum absolute atomic E-state index is 14.8. The maximum atomic E-state index is 14.8. The number of nitrogens with one attached hydrogen (secondary N) is 2. The molecule has 56 heavy (non-hydrogen) atoms. The van der Waals surface area contributed by atoms with Crippen LogP contribution >= 0.6 is 11.3 Å². The number of carbonyl (C=O) groups excluding carboxylic acids is 4. The van der Waals surface area contributed by atoms with Gasteiger partial charge in [-0.15, -0.1) is 11.3 Å². The zero-order valence-electron chi connectivity index (χ0n) is 33.8. The molecule has 4 rings (SSSR count). The third-order valence-electron chi connectivity index (χ3n) is 10.9. The van der Waals surface area contributed by atoms with Crippen LogP contribution in [0, 0.1) is 17.8 Å². The summed E-state index contributed by atoms with van der Waals surface area (Å²) in [6.45, 7) is 10.6. The molecule has 1 fully saturated rings. The van der Waals surface area contributed by atoms with Crippen molar-refractivity contribution in [3.8, 4) is 5.75 Å². The number of thiazole rings is 1. The van der Waals surface area contributed by atoms with Gasteiger partial charge in [0.2, 0.25) is 11.8 Å². The van der Waals surface area contributed by atoms with Gasteiger partial charge in [0.05, 0.1) is 19.1 Å². The topological polar surface area (TPSA) is 158 Å². The van der Waals surface area contributed by atoms with Crippen LogP contribution in [0.25, 0.3) is 0 Å². The molecule has 0 bridgehead atoms. The molecule has 0 aliphatic carbocycles.